The molecule has 1 aromatic carbocycles. The predicted octanol–water partition coefficient (Wildman–Crippen LogP) is 0.927. The summed E-state index contributed by atoms with van der Waals surface area (Å²) in [6, 6.07) is 8.80. The van der Waals surface area contributed by atoms with Gasteiger partial charge in [-0.2, -0.15) is 0 Å². The monoisotopic (exact) mass is 215 g/mol. The van der Waals surface area contributed by atoms with Gasteiger partial charge in [-0.15, -0.1) is 0 Å². The normalized spacial score (nSPS) is 11.3. The summed E-state index contributed by atoms with van der Waals surface area (Å²) in [6.07, 6.45) is 1.14. The van der Waals surface area contributed by atoms with Crippen LogP contribution in [-0.4, -0.2) is 32.2 Å². The summed E-state index contributed by atoms with van der Waals surface area (Å²) in [5.74, 6) is -0.0571. The molecule has 0 bridgehead atoms. The minimum absolute atomic E-state index is 0.0571. The Kier molecular flexibility index (Phi) is 3.49. The number of para-hydroxylation sites is 1. The van der Waals surface area contributed by atoms with E-state index >= 15 is 0 Å². The quantitative estimate of drug-likeness (QED) is 0.759. The van der Waals surface area contributed by atoms with Gasteiger partial charge in [0.05, 0.1) is 18.0 Å². The molecule has 78 valence electrons. The molecule has 0 aliphatic rings. The van der Waals surface area contributed by atoms with Crippen molar-refractivity contribution in [1.82, 2.24) is 0 Å². The van der Waals surface area contributed by atoms with Crippen LogP contribution in [0.4, 0.5) is 5.69 Å². The highest BCUT2D eigenvalue weighted by Gasteiger charge is 2.06. The van der Waals surface area contributed by atoms with Gasteiger partial charge in [-0.25, -0.2) is 8.42 Å². The third-order valence-corrected chi connectivity index (χ3v) is 2.65. The van der Waals surface area contributed by atoms with Gasteiger partial charge < -0.3 is 0 Å². The molecule has 0 aliphatic carbocycles. The molecule has 0 saturated heterocycles. The number of hydroxylamine groups is 1. The molecule has 0 unspecified atom stereocenters. The van der Waals surface area contributed by atoms with Crippen molar-refractivity contribution >= 4 is 15.5 Å². The van der Waals surface area contributed by atoms with E-state index in [9.17, 15) is 13.6 Å². The van der Waals surface area contributed by atoms with E-state index in [1.807, 2.05) is 6.07 Å². The molecule has 1 aromatic rings. The van der Waals surface area contributed by atoms with Crippen LogP contribution in [-0.2, 0) is 9.84 Å². The van der Waals surface area contributed by atoms with Crippen LogP contribution >= 0.6 is 0 Å². The fraction of sp³-hybridized carbons (Fsp3) is 0.333. The van der Waals surface area contributed by atoms with Crippen molar-refractivity contribution in [3.05, 3.63) is 30.3 Å². The second-order valence-electron chi connectivity index (χ2n) is 3.09. The van der Waals surface area contributed by atoms with Crippen LogP contribution in [0.25, 0.3) is 0 Å². The Morgan fingerprint density at radius 3 is 2.36 bits per heavy atom. The highest BCUT2D eigenvalue weighted by Crippen LogP contribution is 2.09. The van der Waals surface area contributed by atoms with Crippen molar-refractivity contribution in [2.75, 3.05) is 23.6 Å². The minimum atomic E-state index is -3.03. The van der Waals surface area contributed by atoms with Gasteiger partial charge in [0.25, 0.3) is 0 Å². The Hall–Kier alpha value is -1.07. The molecule has 0 aliphatic heterocycles. The number of benzene rings is 1. The maximum Gasteiger partial charge on any atom is 0.149 e. The van der Waals surface area contributed by atoms with Crippen LogP contribution in [0, 0.1) is 0 Å². The molecule has 0 heterocycles. The van der Waals surface area contributed by atoms with Crippen LogP contribution in [0.3, 0.4) is 0 Å². The molecule has 0 aromatic heterocycles. The number of anilines is 1. The van der Waals surface area contributed by atoms with E-state index < -0.39 is 9.84 Å². The van der Waals surface area contributed by atoms with E-state index in [0.29, 0.717) is 5.69 Å². The average Bonchev–Trinajstić information content (AvgIpc) is 2.14. The van der Waals surface area contributed by atoms with Crippen molar-refractivity contribution in [1.29, 1.82) is 0 Å². The third kappa shape index (κ3) is 3.76. The summed E-state index contributed by atoms with van der Waals surface area (Å²) in [5, 5.41) is 10.4. The first-order chi connectivity index (χ1) is 6.49. The van der Waals surface area contributed by atoms with Crippen molar-refractivity contribution < 1.29 is 13.6 Å². The van der Waals surface area contributed by atoms with Crippen LogP contribution in [0.5, 0.6) is 0 Å². The third-order valence-electron chi connectivity index (χ3n) is 1.73. The van der Waals surface area contributed by atoms with Gasteiger partial charge in [-0.3, -0.25) is 10.3 Å². The molecule has 0 radical (unpaired) electrons. The number of hydrogen-bond donors (Lipinski definition) is 1. The summed E-state index contributed by atoms with van der Waals surface area (Å²) in [7, 11) is -3.03. The standard InChI is InChI=1S/C9H13NO3S/c1-14(12,13)8-7-10(11)9-5-3-2-4-6-9/h2-6,11H,7-8H2,1H3. The number of rotatable bonds is 4. The maximum atomic E-state index is 10.8. The average molecular weight is 215 g/mol. The van der Waals surface area contributed by atoms with Crippen LogP contribution in [0.2, 0.25) is 0 Å². The Balaban J connectivity index is 2.56. The molecule has 0 saturated carbocycles. The molecule has 4 nitrogen and oxygen atoms in total. The fourth-order valence-corrected chi connectivity index (χ4v) is 1.49. The second kappa shape index (κ2) is 4.43. The summed E-state index contributed by atoms with van der Waals surface area (Å²) >= 11 is 0. The van der Waals surface area contributed by atoms with Gasteiger partial charge in [0.1, 0.15) is 9.84 Å². The van der Waals surface area contributed by atoms with Crippen molar-refractivity contribution in [2.45, 2.75) is 0 Å². The summed E-state index contributed by atoms with van der Waals surface area (Å²) in [4.78, 5) is 0. The smallest absolute Gasteiger partial charge is 0.149 e. The molecular formula is C9H13NO3S. The van der Waals surface area contributed by atoms with Gasteiger partial charge in [0.15, 0.2) is 0 Å². The Labute approximate surface area is 83.7 Å². The lowest BCUT2D eigenvalue weighted by molar-refractivity contribution is 0.260. The van der Waals surface area contributed by atoms with Crippen LogP contribution in [0.1, 0.15) is 0 Å². The first-order valence-corrected chi connectivity index (χ1v) is 6.24. The maximum absolute atomic E-state index is 10.8. The topological polar surface area (TPSA) is 57.6 Å². The highest BCUT2D eigenvalue weighted by molar-refractivity contribution is 7.90. The van der Waals surface area contributed by atoms with Crippen LogP contribution in [0.15, 0.2) is 30.3 Å². The van der Waals surface area contributed by atoms with Gasteiger partial charge in [-0.1, -0.05) is 18.2 Å². The van der Waals surface area contributed by atoms with Gasteiger partial charge in [0, 0.05) is 6.26 Å². The first kappa shape index (κ1) is 11.0. The molecule has 0 amide bonds. The van der Waals surface area contributed by atoms with E-state index in [4.69, 9.17) is 0 Å². The van der Waals surface area contributed by atoms with E-state index in [-0.39, 0.29) is 12.3 Å². The molecule has 1 N–H and O–H groups in total. The zero-order chi connectivity index (χ0) is 10.6. The Morgan fingerprint density at radius 1 is 1.29 bits per heavy atom. The molecular weight excluding hydrogens is 202 g/mol. The van der Waals surface area contributed by atoms with Gasteiger partial charge in [-0.05, 0) is 12.1 Å². The van der Waals surface area contributed by atoms with Crippen molar-refractivity contribution in [3.63, 3.8) is 0 Å². The zero-order valence-corrected chi connectivity index (χ0v) is 8.74. The molecule has 0 atom stereocenters. The Bertz CT molecular complexity index is 374. The predicted molar refractivity (Wildman–Crippen MR) is 55.3 cm³/mol. The largest absolute Gasteiger partial charge is 0.288 e. The molecule has 0 spiro atoms. The lowest BCUT2D eigenvalue weighted by Gasteiger charge is -2.15. The molecule has 5 heteroatoms. The first-order valence-electron chi connectivity index (χ1n) is 4.18. The highest BCUT2D eigenvalue weighted by atomic mass is 32.2. The van der Waals surface area contributed by atoms with E-state index in [1.54, 1.807) is 24.3 Å². The lowest BCUT2D eigenvalue weighted by atomic mass is 10.3. The Morgan fingerprint density at radius 2 is 1.86 bits per heavy atom. The molecule has 0 fully saturated rings. The van der Waals surface area contributed by atoms with Crippen LogP contribution < -0.4 is 5.06 Å². The lowest BCUT2D eigenvalue weighted by Crippen LogP contribution is -2.25. The fourth-order valence-electron chi connectivity index (χ4n) is 0.981. The molecule has 1 rings (SSSR count). The number of sulfone groups is 1. The molecule has 14 heavy (non-hydrogen) atoms. The van der Waals surface area contributed by atoms with E-state index in [1.165, 1.54) is 0 Å². The number of nitrogens with zero attached hydrogens (tertiary/aromatic N) is 1. The zero-order valence-electron chi connectivity index (χ0n) is 7.92. The summed E-state index contributed by atoms with van der Waals surface area (Å²) in [6.45, 7) is 0.0862. The SMILES string of the molecule is CS(=O)(=O)CCN(O)c1ccccc1. The number of hydrogen-bond acceptors (Lipinski definition) is 4. The van der Waals surface area contributed by atoms with Gasteiger partial charge in [0.2, 0.25) is 0 Å². The van der Waals surface area contributed by atoms with Crippen molar-refractivity contribution in [3.8, 4) is 0 Å². The second-order valence-corrected chi connectivity index (χ2v) is 5.35. The van der Waals surface area contributed by atoms with Crippen molar-refractivity contribution in [2.24, 2.45) is 0 Å². The van der Waals surface area contributed by atoms with E-state index in [2.05, 4.69) is 0 Å². The van der Waals surface area contributed by atoms with Gasteiger partial charge >= 0.3 is 0 Å². The summed E-state index contributed by atoms with van der Waals surface area (Å²) < 4.78 is 21.7. The summed E-state index contributed by atoms with van der Waals surface area (Å²) in [5.41, 5.74) is 0.594. The van der Waals surface area contributed by atoms with E-state index in [0.717, 1.165) is 11.3 Å². The minimum Gasteiger partial charge on any atom is -0.288 e.